The molecule has 2 amide bonds. The molecular weight excluding hydrogens is 110 g/mol. The fraction of sp³-hybridized carbons (Fsp3) is 0.667. The van der Waals surface area contributed by atoms with Gasteiger partial charge in [0.25, 0.3) is 0 Å². The number of nitrogens with one attached hydrogen (secondary N) is 2. The Kier molecular flexibility index (Phi) is 3.91. The molecule has 0 radical (unpaired) electrons. The third-order valence-electron chi connectivity index (χ3n) is 0.536. The summed E-state index contributed by atoms with van der Waals surface area (Å²) in [5.41, 5.74) is 6.53. The zero-order chi connectivity index (χ0) is 6.41. The molecule has 0 unspecified atom stereocenters. The van der Waals surface area contributed by atoms with Crippen LogP contribution in [0.25, 0.3) is 0 Å². The van der Waals surface area contributed by atoms with Crippen molar-refractivity contribution in [2.24, 2.45) is 5.73 Å². The maximum absolute atomic E-state index is 9.88. The number of hydrogen-bond donors (Lipinski definition) is 4. The van der Waals surface area contributed by atoms with Crippen LogP contribution in [0.5, 0.6) is 0 Å². The van der Waals surface area contributed by atoms with Crippen LogP contribution in [0.2, 0.25) is 0 Å². The molecule has 0 aromatic carbocycles. The van der Waals surface area contributed by atoms with E-state index >= 15 is 0 Å². The topological polar surface area (TPSA) is 87.4 Å². The number of amides is 2. The molecule has 0 aromatic heterocycles. The first-order valence-electron chi connectivity index (χ1n) is 2.17. The number of nitrogens with two attached hydrogens (primary N) is 1. The van der Waals surface area contributed by atoms with Gasteiger partial charge in [0.15, 0.2) is 0 Å². The SMILES string of the molecule is NC(=O)NCCNO. The Hall–Kier alpha value is -0.810. The van der Waals surface area contributed by atoms with Crippen LogP contribution in [-0.4, -0.2) is 24.3 Å². The second-order valence-corrected chi connectivity index (χ2v) is 1.20. The van der Waals surface area contributed by atoms with Crippen LogP contribution < -0.4 is 16.5 Å². The predicted octanol–water partition coefficient (Wildman–Crippen LogP) is -1.37. The quantitative estimate of drug-likeness (QED) is 0.273. The van der Waals surface area contributed by atoms with E-state index in [9.17, 15) is 4.79 Å². The number of hydroxylamine groups is 1. The number of hydrogen-bond acceptors (Lipinski definition) is 3. The molecule has 0 rings (SSSR count). The van der Waals surface area contributed by atoms with Gasteiger partial charge in [-0.15, -0.1) is 0 Å². The van der Waals surface area contributed by atoms with Crippen molar-refractivity contribution in [3.05, 3.63) is 0 Å². The smallest absolute Gasteiger partial charge is 0.312 e. The molecule has 0 aliphatic carbocycles. The van der Waals surface area contributed by atoms with Crippen LogP contribution in [0, 0.1) is 0 Å². The molecule has 5 N–H and O–H groups in total. The second-order valence-electron chi connectivity index (χ2n) is 1.20. The van der Waals surface area contributed by atoms with Gasteiger partial charge in [0.05, 0.1) is 0 Å². The van der Waals surface area contributed by atoms with E-state index in [1.165, 1.54) is 0 Å². The maximum atomic E-state index is 9.88. The van der Waals surface area contributed by atoms with E-state index in [-0.39, 0.29) is 0 Å². The van der Waals surface area contributed by atoms with E-state index in [0.717, 1.165) is 0 Å². The normalized spacial score (nSPS) is 8.62. The fourth-order valence-corrected chi connectivity index (χ4v) is 0.242. The van der Waals surface area contributed by atoms with Gasteiger partial charge in [-0.2, -0.15) is 0 Å². The molecule has 0 aromatic rings. The average Bonchev–Trinajstić information content (AvgIpc) is 1.66. The van der Waals surface area contributed by atoms with Crippen molar-refractivity contribution in [1.29, 1.82) is 0 Å². The zero-order valence-electron chi connectivity index (χ0n) is 4.35. The van der Waals surface area contributed by atoms with Gasteiger partial charge in [-0.05, 0) is 0 Å². The van der Waals surface area contributed by atoms with E-state index in [2.05, 4.69) is 11.1 Å². The van der Waals surface area contributed by atoms with E-state index < -0.39 is 6.03 Å². The van der Waals surface area contributed by atoms with Gasteiger partial charge in [-0.1, -0.05) is 0 Å². The first-order chi connectivity index (χ1) is 3.77. The lowest BCUT2D eigenvalue weighted by Crippen LogP contribution is -2.34. The van der Waals surface area contributed by atoms with Gasteiger partial charge in [0, 0.05) is 13.1 Å². The fourth-order valence-electron chi connectivity index (χ4n) is 0.242. The minimum absolute atomic E-state index is 0.308. The first-order valence-corrected chi connectivity index (χ1v) is 2.17. The van der Waals surface area contributed by atoms with E-state index in [1.807, 2.05) is 5.48 Å². The lowest BCUT2D eigenvalue weighted by molar-refractivity contribution is 0.168. The molecule has 8 heavy (non-hydrogen) atoms. The minimum Gasteiger partial charge on any atom is -0.352 e. The van der Waals surface area contributed by atoms with Gasteiger partial charge in [-0.25, -0.2) is 10.3 Å². The number of primary amides is 1. The molecule has 0 aliphatic rings. The van der Waals surface area contributed by atoms with Gasteiger partial charge in [0.2, 0.25) is 0 Å². The molecule has 5 heteroatoms. The van der Waals surface area contributed by atoms with Crippen molar-refractivity contribution < 1.29 is 10.0 Å². The number of rotatable bonds is 3. The number of carbonyl (C=O) groups is 1. The lowest BCUT2D eigenvalue weighted by atomic mass is 10.6. The summed E-state index contributed by atoms with van der Waals surface area (Å²) in [5, 5.41) is 10.2. The Morgan fingerprint density at radius 3 is 2.62 bits per heavy atom. The summed E-state index contributed by atoms with van der Waals surface area (Å²) in [5.74, 6) is 0. The summed E-state index contributed by atoms with van der Waals surface area (Å²) in [6, 6.07) is -0.583. The zero-order valence-corrected chi connectivity index (χ0v) is 4.35. The van der Waals surface area contributed by atoms with Crippen molar-refractivity contribution in [1.82, 2.24) is 10.8 Å². The van der Waals surface area contributed by atoms with Crippen molar-refractivity contribution >= 4 is 6.03 Å². The Bertz CT molecular complexity index is 74.9. The molecule has 0 aliphatic heterocycles. The van der Waals surface area contributed by atoms with E-state index in [0.29, 0.717) is 13.1 Å². The summed E-state index contributed by atoms with van der Waals surface area (Å²) in [7, 11) is 0. The lowest BCUT2D eigenvalue weighted by Gasteiger charge is -1.96. The molecule has 5 nitrogen and oxygen atoms in total. The second kappa shape index (κ2) is 4.35. The summed E-state index contributed by atoms with van der Waals surface area (Å²) in [4.78, 5) is 9.88. The van der Waals surface area contributed by atoms with Crippen LogP contribution in [0.4, 0.5) is 4.79 Å². The molecule has 0 saturated heterocycles. The van der Waals surface area contributed by atoms with Gasteiger partial charge >= 0.3 is 6.03 Å². The summed E-state index contributed by atoms with van der Waals surface area (Å²) in [6.07, 6.45) is 0. The Morgan fingerprint density at radius 2 is 2.25 bits per heavy atom. The highest BCUT2D eigenvalue weighted by Crippen LogP contribution is 1.53. The van der Waals surface area contributed by atoms with Crippen LogP contribution in [0.15, 0.2) is 0 Å². The van der Waals surface area contributed by atoms with Crippen LogP contribution in [-0.2, 0) is 0 Å². The molecular formula is C3H9N3O2. The highest BCUT2D eigenvalue weighted by Gasteiger charge is 1.86. The molecule has 48 valence electrons. The Balaban J connectivity index is 2.82. The van der Waals surface area contributed by atoms with Crippen molar-refractivity contribution in [3.8, 4) is 0 Å². The number of carbonyl (C=O) groups excluding carboxylic acids is 1. The van der Waals surface area contributed by atoms with Gasteiger partial charge in [-0.3, -0.25) is 0 Å². The molecule has 0 fully saturated rings. The van der Waals surface area contributed by atoms with Crippen molar-refractivity contribution in [2.75, 3.05) is 13.1 Å². The largest absolute Gasteiger partial charge is 0.352 e. The van der Waals surface area contributed by atoms with Crippen molar-refractivity contribution in [2.45, 2.75) is 0 Å². The number of urea groups is 1. The average molecular weight is 119 g/mol. The van der Waals surface area contributed by atoms with Gasteiger partial charge < -0.3 is 16.3 Å². The molecule has 0 heterocycles. The van der Waals surface area contributed by atoms with Crippen molar-refractivity contribution in [3.63, 3.8) is 0 Å². The molecule has 0 saturated carbocycles. The Labute approximate surface area is 46.8 Å². The van der Waals surface area contributed by atoms with E-state index in [1.54, 1.807) is 0 Å². The van der Waals surface area contributed by atoms with E-state index in [4.69, 9.17) is 5.21 Å². The highest BCUT2D eigenvalue weighted by molar-refractivity contribution is 5.71. The minimum atomic E-state index is -0.583. The van der Waals surface area contributed by atoms with Crippen LogP contribution in [0.3, 0.4) is 0 Å². The summed E-state index contributed by atoms with van der Waals surface area (Å²) < 4.78 is 0. The standard InChI is InChI=1S/C3H9N3O2/c4-3(7)5-1-2-6-8/h6,8H,1-2H2,(H3,4,5,7). The summed E-state index contributed by atoms with van der Waals surface area (Å²) in [6.45, 7) is 0.648. The summed E-state index contributed by atoms with van der Waals surface area (Å²) >= 11 is 0. The highest BCUT2D eigenvalue weighted by atomic mass is 16.5. The van der Waals surface area contributed by atoms with Gasteiger partial charge in [0.1, 0.15) is 0 Å². The van der Waals surface area contributed by atoms with Crippen LogP contribution in [0.1, 0.15) is 0 Å². The third-order valence-corrected chi connectivity index (χ3v) is 0.536. The maximum Gasteiger partial charge on any atom is 0.312 e. The third kappa shape index (κ3) is 5.19. The Morgan fingerprint density at radius 1 is 1.62 bits per heavy atom. The molecule has 0 spiro atoms. The predicted molar refractivity (Wildman–Crippen MR) is 27.4 cm³/mol. The monoisotopic (exact) mass is 119 g/mol. The molecule has 0 bridgehead atoms. The first kappa shape index (κ1) is 7.19. The van der Waals surface area contributed by atoms with Crippen LogP contribution >= 0.6 is 0 Å². The molecule has 0 atom stereocenters.